The Morgan fingerprint density at radius 1 is 1.07 bits per heavy atom. The van der Waals surface area contributed by atoms with Gasteiger partial charge in [0.2, 0.25) is 11.5 Å². The molecular weight excluding hydrogens is 366 g/mol. The van der Waals surface area contributed by atoms with E-state index in [1.165, 1.54) is 0 Å². The van der Waals surface area contributed by atoms with E-state index in [0.717, 1.165) is 34.0 Å². The minimum absolute atomic E-state index is 0.109. The Bertz CT molecular complexity index is 1150. The number of carbonyl (C=O) groups is 2. The molecule has 3 aromatic rings. The molecule has 1 atom stereocenters. The van der Waals surface area contributed by atoms with Crippen LogP contribution in [0.25, 0.3) is 22.0 Å². The first-order chi connectivity index (χ1) is 14.0. The SMILES string of the molecule is CNC(=O)C1CCCN1C(=O)c1ccc(-c2ccc3[nH]c(=O)cc(C)c3c2)cc1. The number of likely N-dealkylation sites (N-methyl/N-ethyl adjacent to an activating group) is 1. The molecule has 4 rings (SSSR count). The number of amides is 2. The molecule has 1 unspecified atom stereocenters. The molecule has 1 aliphatic heterocycles. The third-order valence-corrected chi connectivity index (χ3v) is 5.58. The molecule has 1 saturated heterocycles. The van der Waals surface area contributed by atoms with Crippen molar-refractivity contribution < 1.29 is 9.59 Å². The maximum atomic E-state index is 12.9. The Morgan fingerprint density at radius 3 is 2.52 bits per heavy atom. The van der Waals surface area contributed by atoms with Crippen molar-refractivity contribution in [1.29, 1.82) is 0 Å². The summed E-state index contributed by atoms with van der Waals surface area (Å²) in [6, 6.07) is 14.5. The largest absolute Gasteiger partial charge is 0.357 e. The van der Waals surface area contributed by atoms with Crippen LogP contribution in [0.15, 0.2) is 53.3 Å². The average molecular weight is 389 g/mol. The summed E-state index contributed by atoms with van der Waals surface area (Å²) >= 11 is 0. The van der Waals surface area contributed by atoms with Crippen molar-refractivity contribution in [3.8, 4) is 11.1 Å². The number of aromatic amines is 1. The lowest BCUT2D eigenvalue weighted by molar-refractivity contribution is -0.124. The lowest BCUT2D eigenvalue weighted by Gasteiger charge is -2.23. The number of rotatable bonds is 3. The molecule has 1 aliphatic rings. The van der Waals surface area contributed by atoms with Crippen LogP contribution in [-0.4, -0.2) is 41.3 Å². The third kappa shape index (κ3) is 3.53. The van der Waals surface area contributed by atoms with Gasteiger partial charge in [0.1, 0.15) is 6.04 Å². The van der Waals surface area contributed by atoms with E-state index >= 15 is 0 Å². The Hall–Kier alpha value is -3.41. The second kappa shape index (κ2) is 7.54. The van der Waals surface area contributed by atoms with Crippen molar-refractivity contribution in [2.45, 2.75) is 25.8 Å². The van der Waals surface area contributed by atoms with Gasteiger partial charge >= 0.3 is 0 Å². The van der Waals surface area contributed by atoms with Crippen LogP contribution in [0.4, 0.5) is 0 Å². The van der Waals surface area contributed by atoms with Crippen molar-refractivity contribution in [1.82, 2.24) is 15.2 Å². The summed E-state index contributed by atoms with van der Waals surface area (Å²) in [7, 11) is 1.60. The molecule has 0 spiro atoms. The summed E-state index contributed by atoms with van der Waals surface area (Å²) in [6.45, 7) is 2.52. The molecule has 1 aromatic heterocycles. The highest BCUT2D eigenvalue weighted by molar-refractivity contribution is 5.98. The Labute approximate surface area is 168 Å². The second-order valence-electron chi connectivity index (χ2n) is 7.43. The van der Waals surface area contributed by atoms with Crippen LogP contribution in [-0.2, 0) is 4.79 Å². The molecule has 148 valence electrons. The monoisotopic (exact) mass is 389 g/mol. The zero-order valence-electron chi connectivity index (χ0n) is 16.5. The molecule has 0 aliphatic carbocycles. The molecule has 0 radical (unpaired) electrons. The van der Waals surface area contributed by atoms with E-state index in [9.17, 15) is 14.4 Å². The highest BCUT2D eigenvalue weighted by Crippen LogP contribution is 2.26. The van der Waals surface area contributed by atoms with Gasteiger partial charge in [0, 0.05) is 36.1 Å². The number of H-pyrrole nitrogens is 1. The molecular formula is C23H23N3O3. The number of carbonyl (C=O) groups excluding carboxylic acids is 2. The molecule has 2 heterocycles. The fraction of sp³-hybridized carbons (Fsp3) is 0.261. The summed E-state index contributed by atoms with van der Waals surface area (Å²) in [5.41, 5.74) is 4.19. The topological polar surface area (TPSA) is 82.3 Å². The van der Waals surface area contributed by atoms with Gasteiger partial charge in [0.05, 0.1) is 0 Å². The number of aromatic nitrogens is 1. The minimum atomic E-state index is -0.391. The Morgan fingerprint density at radius 2 is 1.79 bits per heavy atom. The van der Waals surface area contributed by atoms with Gasteiger partial charge in [-0.05, 0) is 60.7 Å². The van der Waals surface area contributed by atoms with Crippen molar-refractivity contribution in [3.05, 3.63) is 70.0 Å². The number of hydrogen-bond donors (Lipinski definition) is 2. The molecule has 0 saturated carbocycles. The molecule has 0 bridgehead atoms. The molecule has 29 heavy (non-hydrogen) atoms. The molecule has 2 N–H and O–H groups in total. The summed E-state index contributed by atoms with van der Waals surface area (Å²) in [4.78, 5) is 41.1. The van der Waals surface area contributed by atoms with Gasteiger partial charge < -0.3 is 15.2 Å². The van der Waals surface area contributed by atoms with Crippen LogP contribution >= 0.6 is 0 Å². The lowest BCUT2D eigenvalue weighted by Crippen LogP contribution is -2.44. The van der Waals surface area contributed by atoms with E-state index in [0.29, 0.717) is 18.5 Å². The summed E-state index contributed by atoms with van der Waals surface area (Å²) < 4.78 is 0. The van der Waals surface area contributed by atoms with E-state index < -0.39 is 6.04 Å². The minimum Gasteiger partial charge on any atom is -0.357 e. The first-order valence-corrected chi connectivity index (χ1v) is 9.74. The fourth-order valence-electron chi connectivity index (χ4n) is 4.02. The number of hydrogen-bond acceptors (Lipinski definition) is 3. The van der Waals surface area contributed by atoms with Crippen LogP contribution < -0.4 is 10.9 Å². The van der Waals surface area contributed by atoms with Gasteiger partial charge in [-0.1, -0.05) is 18.2 Å². The van der Waals surface area contributed by atoms with Crippen LogP contribution in [0, 0.1) is 6.92 Å². The quantitative estimate of drug-likeness (QED) is 0.723. The van der Waals surface area contributed by atoms with Crippen molar-refractivity contribution >= 4 is 22.7 Å². The van der Waals surface area contributed by atoms with Crippen LogP contribution in [0.5, 0.6) is 0 Å². The van der Waals surface area contributed by atoms with E-state index in [1.54, 1.807) is 30.1 Å². The number of benzene rings is 2. The van der Waals surface area contributed by atoms with Crippen LogP contribution in [0.2, 0.25) is 0 Å². The average Bonchev–Trinajstić information content (AvgIpc) is 3.22. The maximum absolute atomic E-state index is 12.9. The summed E-state index contributed by atoms with van der Waals surface area (Å²) in [5, 5.41) is 3.63. The van der Waals surface area contributed by atoms with Crippen molar-refractivity contribution in [2.75, 3.05) is 13.6 Å². The molecule has 6 nitrogen and oxygen atoms in total. The van der Waals surface area contributed by atoms with Crippen LogP contribution in [0.3, 0.4) is 0 Å². The van der Waals surface area contributed by atoms with Crippen molar-refractivity contribution in [2.24, 2.45) is 0 Å². The number of likely N-dealkylation sites (tertiary alicyclic amines) is 1. The number of aryl methyl sites for hydroxylation is 1. The van der Waals surface area contributed by atoms with E-state index in [2.05, 4.69) is 10.3 Å². The zero-order chi connectivity index (χ0) is 20.5. The van der Waals surface area contributed by atoms with Gasteiger partial charge in [-0.3, -0.25) is 14.4 Å². The highest BCUT2D eigenvalue weighted by Gasteiger charge is 2.33. The third-order valence-electron chi connectivity index (χ3n) is 5.58. The van der Waals surface area contributed by atoms with Gasteiger partial charge in [-0.15, -0.1) is 0 Å². The highest BCUT2D eigenvalue weighted by atomic mass is 16.2. The predicted octanol–water partition coefficient (Wildman–Crippen LogP) is 2.85. The van der Waals surface area contributed by atoms with Gasteiger partial charge in [-0.25, -0.2) is 0 Å². The first-order valence-electron chi connectivity index (χ1n) is 9.74. The van der Waals surface area contributed by atoms with Crippen molar-refractivity contribution in [3.63, 3.8) is 0 Å². The number of nitrogens with zero attached hydrogens (tertiary/aromatic N) is 1. The van der Waals surface area contributed by atoms with Gasteiger partial charge in [-0.2, -0.15) is 0 Å². The summed E-state index contributed by atoms with van der Waals surface area (Å²) in [5.74, 6) is -0.230. The van der Waals surface area contributed by atoms with Crippen LogP contribution in [0.1, 0.15) is 28.8 Å². The van der Waals surface area contributed by atoms with E-state index in [1.807, 2.05) is 37.3 Å². The molecule has 1 fully saturated rings. The predicted molar refractivity (Wildman–Crippen MR) is 113 cm³/mol. The smallest absolute Gasteiger partial charge is 0.254 e. The summed E-state index contributed by atoms with van der Waals surface area (Å²) in [6.07, 6.45) is 1.53. The maximum Gasteiger partial charge on any atom is 0.254 e. The number of pyridine rings is 1. The second-order valence-corrected chi connectivity index (χ2v) is 7.43. The molecule has 6 heteroatoms. The van der Waals surface area contributed by atoms with E-state index in [4.69, 9.17) is 0 Å². The molecule has 2 aromatic carbocycles. The van der Waals surface area contributed by atoms with Gasteiger partial charge in [0.25, 0.3) is 5.91 Å². The lowest BCUT2D eigenvalue weighted by atomic mass is 10.00. The van der Waals surface area contributed by atoms with E-state index in [-0.39, 0.29) is 17.4 Å². The number of fused-ring (bicyclic) bond motifs is 1. The zero-order valence-corrected chi connectivity index (χ0v) is 16.5. The molecule has 2 amide bonds. The first kappa shape index (κ1) is 18.9. The fourth-order valence-corrected chi connectivity index (χ4v) is 4.02. The normalized spacial score (nSPS) is 16.2. The number of nitrogens with one attached hydrogen (secondary N) is 2. The Kier molecular flexibility index (Phi) is 4.92. The standard InChI is InChI=1S/C23H23N3O3/c1-14-12-21(27)25-19-10-9-17(13-18(14)19)15-5-7-16(8-6-15)23(29)26-11-3-4-20(26)22(28)24-2/h5-10,12-13,20H,3-4,11H2,1-2H3,(H,24,28)(H,25,27). The Balaban J connectivity index is 1.61. The van der Waals surface area contributed by atoms with Gasteiger partial charge in [0.15, 0.2) is 0 Å².